The van der Waals surface area contributed by atoms with Crippen molar-refractivity contribution in [1.29, 1.82) is 0 Å². The number of nitrogens with one attached hydrogen (secondary N) is 1. The van der Waals surface area contributed by atoms with E-state index in [1.165, 1.54) is 39.2 Å². The van der Waals surface area contributed by atoms with Gasteiger partial charge in [0, 0.05) is 13.1 Å². The molecule has 0 aromatic carbocycles. The quantitative estimate of drug-likeness (QED) is 0.680. The summed E-state index contributed by atoms with van der Waals surface area (Å²) in [6, 6.07) is -0.361. The highest BCUT2D eigenvalue weighted by Gasteiger charge is 2.35. The van der Waals surface area contributed by atoms with Crippen LogP contribution in [0, 0.1) is 11.3 Å². The van der Waals surface area contributed by atoms with Crippen LogP contribution in [-0.2, 0) is 9.53 Å². The first-order valence-corrected chi connectivity index (χ1v) is 7.04. The Labute approximate surface area is 111 Å². The molecule has 106 valence electrons. The first-order chi connectivity index (χ1) is 8.53. The molecule has 0 amide bonds. The fourth-order valence-corrected chi connectivity index (χ4v) is 3.19. The molecule has 1 rings (SSSR count). The number of rotatable bonds is 7. The van der Waals surface area contributed by atoms with Crippen LogP contribution in [0.15, 0.2) is 0 Å². The van der Waals surface area contributed by atoms with Gasteiger partial charge in [-0.15, -0.1) is 0 Å². The van der Waals surface area contributed by atoms with Crippen molar-refractivity contribution in [2.45, 2.75) is 52.0 Å². The molecule has 1 atom stereocenters. The standard InChI is InChI=1S/C14H28N2O2/c1-11(2)8-14(6-4-5-7-14)10-16-12(9-15)13(17)18-3/h11-12,16H,4-10,15H2,1-3H3. The lowest BCUT2D eigenvalue weighted by Gasteiger charge is -2.32. The molecule has 0 aromatic heterocycles. The predicted octanol–water partition coefficient (Wildman–Crippen LogP) is 1.68. The van der Waals surface area contributed by atoms with E-state index in [1.54, 1.807) is 0 Å². The van der Waals surface area contributed by atoms with Gasteiger partial charge in [-0.1, -0.05) is 26.7 Å². The van der Waals surface area contributed by atoms with E-state index in [9.17, 15) is 4.79 Å². The van der Waals surface area contributed by atoms with Gasteiger partial charge in [-0.3, -0.25) is 4.79 Å². The zero-order chi connectivity index (χ0) is 13.6. The molecule has 1 saturated carbocycles. The second kappa shape index (κ2) is 7.10. The molecule has 0 saturated heterocycles. The molecule has 0 radical (unpaired) electrons. The van der Waals surface area contributed by atoms with Gasteiger partial charge in [-0.2, -0.15) is 0 Å². The molecule has 0 bridgehead atoms. The third-order valence-corrected chi connectivity index (χ3v) is 3.95. The smallest absolute Gasteiger partial charge is 0.324 e. The Morgan fingerprint density at radius 1 is 1.39 bits per heavy atom. The summed E-state index contributed by atoms with van der Waals surface area (Å²) in [5.74, 6) is 0.439. The van der Waals surface area contributed by atoms with E-state index in [0.717, 1.165) is 6.54 Å². The largest absolute Gasteiger partial charge is 0.468 e. The first kappa shape index (κ1) is 15.4. The minimum absolute atomic E-state index is 0.254. The highest BCUT2D eigenvalue weighted by molar-refractivity contribution is 5.75. The highest BCUT2D eigenvalue weighted by Crippen LogP contribution is 2.42. The van der Waals surface area contributed by atoms with Crippen molar-refractivity contribution < 1.29 is 9.53 Å². The summed E-state index contributed by atoms with van der Waals surface area (Å²) in [6.45, 7) is 5.70. The Morgan fingerprint density at radius 3 is 2.44 bits per heavy atom. The van der Waals surface area contributed by atoms with E-state index in [1.807, 2.05) is 0 Å². The molecule has 1 unspecified atom stereocenters. The van der Waals surface area contributed by atoms with E-state index < -0.39 is 0 Å². The molecule has 18 heavy (non-hydrogen) atoms. The fourth-order valence-electron chi connectivity index (χ4n) is 3.19. The number of ether oxygens (including phenoxy) is 1. The van der Waals surface area contributed by atoms with Crippen molar-refractivity contribution in [3.63, 3.8) is 0 Å². The van der Waals surface area contributed by atoms with E-state index in [-0.39, 0.29) is 12.0 Å². The van der Waals surface area contributed by atoms with Crippen LogP contribution in [0.1, 0.15) is 46.0 Å². The normalized spacial score (nSPS) is 20.1. The second-order valence-electron chi connectivity index (χ2n) is 6.00. The van der Waals surface area contributed by atoms with Crippen molar-refractivity contribution in [1.82, 2.24) is 5.32 Å². The molecular formula is C14H28N2O2. The lowest BCUT2D eigenvalue weighted by atomic mass is 9.78. The van der Waals surface area contributed by atoms with Crippen LogP contribution in [0.25, 0.3) is 0 Å². The molecule has 0 aromatic rings. The van der Waals surface area contributed by atoms with Crippen molar-refractivity contribution in [3.8, 4) is 0 Å². The lowest BCUT2D eigenvalue weighted by molar-refractivity contribution is -0.143. The topological polar surface area (TPSA) is 64.3 Å². The van der Waals surface area contributed by atoms with E-state index in [2.05, 4.69) is 19.2 Å². The molecule has 0 spiro atoms. The summed E-state index contributed by atoms with van der Waals surface area (Å²) in [5.41, 5.74) is 5.97. The molecular weight excluding hydrogens is 228 g/mol. The average molecular weight is 256 g/mol. The third-order valence-electron chi connectivity index (χ3n) is 3.95. The number of esters is 1. The van der Waals surface area contributed by atoms with Gasteiger partial charge in [0.15, 0.2) is 0 Å². The maximum absolute atomic E-state index is 11.5. The van der Waals surface area contributed by atoms with Crippen molar-refractivity contribution >= 4 is 5.97 Å². The average Bonchev–Trinajstić information content (AvgIpc) is 2.77. The Bertz CT molecular complexity index is 261. The van der Waals surface area contributed by atoms with Gasteiger partial charge in [-0.05, 0) is 30.6 Å². The van der Waals surface area contributed by atoms with Gasteiger partial charge in [0.2, 0.25) is 0 Å². The minimum Gasteiger partial charge on any atom is -0.468 e. The fraction of sp³-hybridized carbons (Fsp3) is 0.929. The van der Waals surface area contributed by atoms with Crippen molar-refractivity contribution in [2.24, 2.45) is 17.1 Å². The summed E-state index contributed by atoms with van der Waals surface area (Å²) < 4.78 is 4.75. The van der Waals surface area contributed by atoms with Crippen LogP contribution >= 0.6 is 0 Å². The van der Waals surface area contributed by atoms with Gasteiger partial charge in [0.1, 0.15) is 6.04 Å². The van der Waals surface area contributed by atoms with Crippen LogP contribution in [0.2, 0.25) is 0 Å². The number of carbonyl (C=O) groups excluding carboxylic acids is 1. The lowest BCUT2D eigenvalue weighted by Crippen LogP contribution is -2.47. The van der Waals surface area contributed by atoms with Gasteiger partial charge >= 0.3 is 5.97 Å². The second-order valence-corrected chi connectivity index (χ2v) is 6.00. The van der Waals surface area contributed by atoms with Gasteiger partial charge in [0.25, 0.3) is 0 Å². The van der Waals surface area contributed by atoms with Crippen LogP contribution < -0.4 is 11.1 Å². The van der Waals surface area contributed by atoms with Crippen molar-refractivity contribution in [2.75, 3.05) is 20.2 Å². The van der Waals surface area contributed by atoms with Gasteiger partial charge in [-0.25, -0.2) is 0 Å². The number of hydrogen-bond donors (Lipinski definition) is 2. The summed E-state index contributed by atoms with van der Waals surface area (Å²) in [6.07, 6.45) is 6.35. The van der Waals surface area contributed by atoms with Gasteiger partial charge < -0.3 is 15.8 Å². The summed E-state index contributed by atoms with van der Waals surface area (Å²) in [5, 5.41) is 3.31. The van der Waals surface area contributed by atoms with E-state index >= 15 is 0 Å². The SMILES string of the molecule is COC(=O)C(CN)NCC1(CC(C)C)CCCC1. The number of hydrogen-bond acceptors (Lipinski definition) is 4. The zero-order valence-corrected chi connectivity index (χ0v) is 12.0. The summed E-state index contributed by atoms with van der Waals surface area (Å²) >= 11 is 0. The molecule has 0 heterocycles. The zero-order valence-electron chi connectivity index (χ0n) is 12.0. The maximum atomic E-state index is 11.5. The van der Waals surface area contributed by atoms with E-state index in [4.69, 9.17) is 10.5 Å². The molecule has 4 nitrogen and oxygen atoms in total. The monoisotopic (exact) mass is 256 g/mol. The number of nitrogens with two attached hydrogens (primary N) is 1. The third kappa shape index (κ3) is 4.25. The Kier molecular flexibility index (Phi) is 6.09. The van der Waals surface area contributed by atoms with Crippen LogP contribution in [-0.4, -0.2) is 32.2 Å². The Hall–Kier alpha value is -0.610. The molecule has 1 aliphatic carbocycles. The summed E-state index contributed by atoms with van der Waals surface area (Å²) in [4.78, 5) is 11.5. The molecule has 1 fully saturated rings. The summed E-state index contributed by atoms with van der Waals surface area (Å²) in [7, 11) is 1.41. The number of carbonyl (C=O) groups is 1. The maximum Gasteiger partial charge on any atom is 0.324 e. The van der Waals surface area contributed by atoms with Gasteiger partial charge in [0.05, 0.1) is 7.11 Å². The molecule has 3 N–H and O–H groups in total. The Balaban J connectivity index is 2.53. The van der Waals surface area contributed by atoms with Crippen molar-refractivity contribution in [3.05, 3.63) is 0 Å². The molecule has 0 aliphatic heterocycles. The van der Waals surface area contributed by atoms with Crippen LogP contribution in [0.5, 0.6) is 0 Å². The minimum atomic E-state index is -0.361. The van der Waals surface area contributed by atoms with Crippen LogP contribution in [0.4, 0.5) is 0 Å². The number of methoxy groups -OCH3 is 1. The predicted molar refractivity (Wildman–Crippen MR) is 73.2 cm³/mol. The molecule has 1 aliphatic rings. The first-order valence-electron chi connectivity index (χ1n) is 7.04. The highest BCUT2D eigenvalue weighted by atomic mass is 16.5. The molecule has 4 heteroatoms. The Morgan fingerprint density at radius 2 is 2.00 bits per heavy atom. The van der Waals surface area contributed by atoms with Crippen LogP contribution in [0.3, 0.4) is 0 Å². The van der Waals surface area contributed by atoms with E-state index in [0.29, 0.717) is 17.9 Å².